The Morgan fingerprint density at radius 2 is 1.98 bits per heavy atom. The molecule has 4 heterocycles. The topological polar surface area (TPSA) is 97.2 Å². The first-order chi connectivity index (χ1) is 22.0. The van der Waals surface area contributed by atoms with Crippen molar-refractivity contribution in [2.45, 2.75) is 45.3 Å². The number of carbonyl (C=O) groups excluding carboxylic acids is 1. The summed E-state index contributed by atoms with van der Waals surface area (Å²) in [5.41, 5.74) is 4.78. The van der Waals surface area contributed by atoms with Crippen molar-refractivity contribution in [3.05, 3.63) is 82.6 Å². The minimum absolute atomic E-state index is 0.0126. The molecule has 0 bridgehead atoms. The molecule has 12 heteroatoms. The highest BCUT2D eigenvalue weighted by Crippen LogP contribution is 2.45. The second-order valence-electron chi connectivity index (χ2n) is 11.4. The molecule has 3 aromatic heterocycles. The van der Waals surface area contributed by atoms with Crippen molar-refractivity contribution in [2.75, 3.05) is 31.5 Å². The second-order valence-corrected chi connectivity index (χ2v) is 12.8. The summed E-state index contributed by atoms with van der Waals surface area (Å²) in [7, 11) is 0. The van der Waals surface area contributed by atoms with Gasteiger partial charge in [0, 0.05) is 34.9 Å². The minimum Gasteiger partial charge on any atom is -0.487 e. The first-order valence-corrected chi connectivity index (χ1v) is 16.5. The van der Waals surface area contributed by atoms with Crippen LogP contribution in [-0.2, 0) is 30.8 Å². The third-order valence-corrected chi connectivity index (χ3v) is 9.83. The van der Waals surface area contributed by atoms with Gasteiger partial charge in [0.2, 0.25) is 5.91 Å². The van der Waals surface area contributed by atoms with Crippen LogP contribution in [0.3, 0.4) is 0 Å². The van der Waals surface area contributed by atoms with Crippen molar-refractivity contribution in [1.82, 2.24) is 30.0 Å². The molecule has 2 aliphatic rings. The van der Waals surface area contributed by atoms with E-state index in [-0.39, 0.29) is 24.9 Å². The van der Waals surface area contributed by atoms with Gasteiger partial charge in [0.25, 0.3) is 0 Å². The van der Waals surface area contributed by atoms with Crippen molar-refractivity contribution in [1.29, 1.82) is 0 Å². The smallest absolute Gasteiger partial charge is 0.241 e. The maximum Gasteiger partial charge on any atom is 0.241 e. The normalized spacial score (nSPS) is 14.6. The van der Waals surface area contributed by atoms with E-state index in [1.54, 1.807) is 41.9 Å². The third kappa shape index (κ3) is 6.51. The Balaban J connectivity index is 1.04. The van der Waals surface area contributed by atoms with E-state index in [4.69, 9.17) is 16.3 Å². The maximum absolute atomic E-state index is 13.5. The fourth-order valence-corrected chi connectivity index (χ4v) is 7.59. The van der Waals surface area contributed by atoms with Crippen LogP contribution in [0.15, 0.2) is 55.0 Å². The lowest BCUT2D eigenvalue weighted by Gasteiger charge is -2.26. The third-order valence-electron chi connectivity index (χ3n) is 8.36. The Bertz CT molecular complexity index is 1850. The summed E-state index contributed by atoms with van der Waals surface area (Å²) in [5.74, 6) is 0.889. The number of hydrogen-bond acceptors (Lipinski definition) is 8. The number of anilines is 2. The van der Waals surface area contributed by atoms with Crippen molar-refractivity contribution in [3.8, 4) is 16.2 Å². The Hall–Kier alpha value is -4.06. The van der Waals surface area contributed by atoms with E-state index >= 15 is 0 Å². The van der Waals surface area contributed by atoms with E-state index in [1.165, 1.54) is 37.0 Å². The number of aromatic nitrogens is 4. The zero-order valence-electron chi connectivity index (χ0n) is 24.7. The average molecular weight is 646 g/mol. The summed E-state index contributed by atoms with van der Waals surface area (Å²) >= 11 is 8.17. The van der Waals surface area contributed by atoms with E-state index < -0.39 is 0 Å². The van der Waals surface area contributed by atoms with E-state index in [0.29, 0.717) is 23.1 Å². The van der Waals surface area contributed by atoms with Crippen LogP contribution in [0.4, 0.5) is 15.9 Å². The molecule has 2 aromatic carbocycles. The van der Waals surface area contributed by atoms with Gasteiger partial charge in [-0.05, 0) is 80.2 Å². The Morgan fingerprint density at radius 1 is 1.09 bits per heavy atom. The predicted molar refractivity (Wildman–Crippen MR) is 175 cm³/mol. The highest BCUT2D eigenvalue weighted by molar-refractivity contribution is 7.22. The van der Waals surface area contributed by atoms with E-state index in [1.807, 2.05) is 16.9 Å². The van der Waals surface area contributed by atoms with E-state index in [2.05, 4.69) is 30.6 Å². The Labute approximate surface area is 269 Å². The van der Waals surface area contributed by atoms with Crippen LogP contribution in [0, 0.1) is 5.82 Å². The van der Waals surface area contributed by atoms with Gasteiger partial charge in [0.1, 0.15) is 41.7 Å². The lowest BCUT2D eigenvalue weighted by molar-refractivity contribution is -0.121. The molecule has 7 rings (SSSR count). The molecule has 0 radical (unpaired) electrons. The zero-order valence-corrected chi connectivity index (χ0v) is 26.3. The lowest BCUT2D eigenvalue weighted by Crippen LogP contribution is -2.38. The molecule has 5 aromatic rings. The van der Waals surface area contributed by atoms with Crippen molar-refractivity contribution in [3.63, 3.8) is 0 Å². The van der Waals surface area contributed by atoms with Crippen LogP contribution < -0.4 is 15.4 Å². The minimum atomic E-state index is -0.306. The number of rotatable bonds is 10. The molecule has 1 saturated heterocycles. The first-order valence-electron chi connectivity index (χ1n) is 15.3. The summed E-state index contributed by atoms with van der Waals surface area (Å²) in [6, 6.07) is 11.7. The standard InChI is InChI=1S/C33H33ClFN7O2S/c34-26-16-23(7-10-28(26)44-19-21-5-4-6-22(35)15-21)40-32-30-24-8-9-27-25(31(24)45-33(30)38-20-37-32)17-39-42(27)18-29(43)36-11-14-41-12-2-1-3-13-41/h4-7,10,15-17,20H,1-3,8-9,11-14,18-19H2,(H,36,43)(H,37,38,40). The number of ether oxygens (including phenoxy) is 1. The van der Waals surface area contributed by atoms with Crippen LogP contribution >= 0.6 is 22.9 Å². The van der Waals surface area contributed by atoms with Gasteiger partial charge in [-0.3, -0.25) is 9.48 Å². The van der Waals surface area contributed by atoms with E-state index in [0.717, 1.165) is 70.1 Å². The molecule has 0 saturated carbocycles. The number of nitrogens with one attached hydrogen (secondary N) is 2. The zero-order chi connectivity index (χ0) is 30.8. The Kier molecular flexibility index (Phi) is 8.64. The first kappa shape index (κ1) is 29.6. The quantitative estimate of drug-likeness (QED) is 0.182. The monoisotopic (exact) mass is 645 g/mol. The molecule has 0 atom stereocenters. The molecule has 1 aliphatic heterocycles. The summed E-state index contributed by atoms with van der Waals surface area (Å²) in [4.78, 5) is 26.3. The van der Waals surface area contributed by atoms with Gasteiger partial charge in [0.05, 0.1) is 16.6 Å². The maximum atomic E-state index is 13.5. The van der Waals surface area contributed by atoms with Crippen LogP contribution in [0.5, 0.6) is 5.75 Å². The van der Waals surface area contributed by atoms with Crippen molar-refractivity contribution in [2.24, 2.45) is 0 Å². The fourth-order valence-electron chi connectivity index (χ4n) is 6.13. The van der Waals surface area contributed by atoms with Gasteiger partial charge in [-0.2, -0.15) is 5.10 Å². The molecular formula is C33H33ClFN7O2S. The van der Waals surface area contributed by atoms with Crippen molar-refractivity contribution < 1.29 is 13.9 Å². The number of piperidine rings is 1. The highest BCUT2D eigenvalue weighted by atomic mass is 35.5. The molecule has 9 nitrogen and oxygen atoms in total. The van der Waals surface area contributed by atoms with Crippen LogP contribution in [0.1, 0.15) is 36.1 Å². The van der Waals surface area contributed by atoms with Gasteiger partial charge in [-0.15, -0.1) is 11.3 Å². The number of nitrogens with zero attached hydrogens (tertiary/aromatic N) is 5. The van der Waals surface area contributed by atoms with Gasteiger partial charge in [-0.1, -0.05) is 30.2 Å². The molecule has 1 fully saturated rings. The van der Waals surface area contributed by atoms with Crippen molar-refractivity contribution >= 4 is 50.6 Å². The lowest BCUT2D eigenvalue weighted by atomic mass is 9.95. The molecule has 0 spiro atoms. The van der Waals surface area contributed by atoms with Crippen LogP contribution in [0.2, 0.25) is 5.02 Å². The molecule has 0 unspecified atom stereocenters. The van der Waals surface area contributed by atoms with Gasteiger partial charge < -0.3 is 20.3 Å². The molecule has 1 amide bonds. The van der Waals surface area contributed by atoms with Crippen LogP contribution in [0.25, 0.3) is 20.7 Å². The summed E-state index contributed by atoms with van der Waals surface area (Å²) < 4.78 is 21.2. The second kappa shape index (κ2) is 13.1. The highest BCUT2D eigenvalue weighted by Gasteiger charge is 2.27. The predicted octanol–water partition coefficient (Wildman–Crippen LogP) is 6.37. The largest absolute Gasteiger partial charge is 0.487 e. The summed E-state index contributed by atoms with van der Waals surface area (Å²) in [6.07, 6.45) is 8.78. The number of likely N-dealkylation sites (tertiary alicyclic amines) is 1. The molecule has 1 aliphatic carbocycles. The average Bonchev–Trinajstić information content (AvgIpc) is 3.63. The summed E-state index contributed by atoms with van der Waals surface area (Å²) in [5, 5.41) is 12.5. The van der Waals surface area contributed by atoms with Gasteiger partial charge in [0.15, 0.2) is 0 Å². The number of halogens is 2. The fraction of sp³-hybridized carbons (Fsp3) is 0.333. The molecule has 45 heavy (non-hydrogen) atoms. The molecule has 2 N–H and O–H groups in total. The van der Waals surface area contributed by atoms with E-state index in [9.17, 15) is 9.18 Å². The van der Waals surface area contributed by atoms with Gasteiger partial charge in [-0.25, -0.2) is 14.4 Å². The number of amides is 1. The number of fused-ring (bicyclic) bond motifs is 5. The Morgan fingerprint density at radius 3 is 2.82 bits per heavy atom. The molecule has 232 valence electrons. The summed E-state index contributed by atoms with van der Waals surface area (Å²) in [6.45, 7) is 4.22. The SMILES string of the molecule is O=C(Cn1ncc2c1CCc1c-2sc2ncnc(Nc3ccc(OCc4cccc(F)c4)c(Cl)c3)c12)NCCN1CCCCC1. The number of carbonyl (C=O) groups is 1. The van der Waals surface area contributed by atoms with Crippen LogP contribution in [-0.4, -0.2) is 56.7 Å². The number of aryl methyl sites for hydroxylation is 1. The van der Waals surface area contributed by atoms with Gasteiger partial charge >= 0.3 is 0 Å². The number of benzene rings is 2. The molecular weight excluding hydrogens is 613 g/mol. The number of thiophene rings is 1. The number of hydrogen-bond donors (Lipinski definition) is 2.